The van der Waals surface area contributed by atoms with Gasteiger partial charge in [-0.2, -0.15) is 0 Å². The van der Waals surface area contributed by atoms with Crippen LogP contribution in [0, 0.1) is 18.6 Å². The minimum atomic E-state index is -0.782. The Morgan fingerprint density at radius 1 is 1.30 bits per heavy atom. The van der Waals surface area contributed by atoms with Crippen LogP contribution in [0.5, 0.6) is 5.75 Å². The SMILES string of the molecule is Cc1[nH]c(=O)c(Br)c(OCc2ccc(F)cc2F)c1-c1ccc(C(=O)NCCO)o1. The summed E-state index contributed by atoms with van der Waals surface area (Å²) in [5, 5.41) is 11.3. The van der Waals surface area contributed by atoms with Crippen molar-refractivity contribution in [2.75, 3.05) is 13.2 Å². The summed E-state index contributed by atoms with van der Waals surface area (Å²) >= 11 is 3.16. The molecule has 3 rings (SSSR count). The van der Waals surface area contributed by atoms with Gasteiger partial charge in [-0.1, -0.05) is 0 Å². The number of halogens is 3. The highest BCUT2D eigenvalue weighted by atomic mass is 79.9. The molecule has 0 saturated heterocycles. The third-order valence-electron chi connectivity index (χ3n) is 4.16. The van der Waals surface area contributed by atoms with Crippen molar-refractivity contribution in [3.8, 4) is 17.1 Å². The van der Waals surface area contributed by atoms with Crippen LogP contribution < -0.4 is 15.6 Å². The molecule has 158 valence electrons. The maximum atomic E-state index is 13.9. The van der Waals surface area contributed by atoms with Crippen LogP contribution in [-0.2, 0) is 6.61 Å². The van der Waals surface area contributed by atoms with Crippen LogP contribution in [0.4, 0.5) is 8.78 Å². The highest BCUT2D eigenvalue weighted by Gasteiger charge is 2.22. The van der Waals surface area contributed by atoms with Gasteiger partial charge in [0, 0.05) is 23.9 Å². The van der Waals surface area contributed by atoms with Gasteiger partial charge in [0.15, 0.2) is 11.5 Å². The molecule has 10 heteroatoms. The average molecular weight is 483 g/mol. The molecule has 2 aromatic heterocycles. The number of benzene rings is 1. The van der Waals surface area contributed by atoms with Gasteiger partial charge in [0.1, 0.15) is 28.5 Å². The molecule has 1 aromatic carbocycles. The number of carbonyl (C=O) groups is 1. The van der Waals surface area contributed by atoms with Gasteiger partial charge >= 0.3 is 0 Å². The van der Waals surface area contributed by atoms with Crippen molar-refractivity contribution >= 4 is 21.8 Å². The number of ether oxygens (including phenoxy) is 1. The lowest BCUT2D eigenvalue weighted by molar-refractivity contribution is 0.0918. The molecule has 0 bridgehead atoms. The smallest absolute Gasteiger partial charge is 0.287 e. The van der Waals surface area contributed by atoms with E-state index in [1.807, 2.05) is 0 Å². The Morgan fingerprint density at radius 2 is 2.07 bits per heavy atom. The number of H-pyrrole nitrogens is 1. The average Bonchev–Trinajstić information content (AvgIpc) is 3.18. The molecule has 0 aliphatic heterocycles. The first-order valence-corrected chi connectivity index (χ1v) is 9.59. The van der Waals surface area contributed by atoms with E-state index in [0.29, 0.717) is 11.3 Å². The Labute approximate surface area is 177 Å². The maximum Gasteiger partial charge on any atom is 0.287 e. The molecule has 0 radical (unpaired) electrons. The monoisotopic (exact) mass is 482 g/mol. The van der Waals surface area contributed by atoms with E-state index in [9.17, 15) is 18.4 Å². The van der Waals surface area contributed by atoms with Gasteiger partial charge in [-0.15, -0.1) is 0 Å². The van der Waals surface area contributed by atoms with Crippen LogP contribution in [0.3, 0.4) is 0 Å². The Morgan fingerprint density at radius 3 is 2.77 bits per heavy atom. The number of aliphatic hydroxyl groups excluding tert-OH is 1. The van der Waals surface area contributed by atoms with Crippen LogP contribution in [-0.4, -0.2) is 29.1 Å². The first-order chi connectivity index (χ1) is 14.3. The number of furan rings is 1. The van der Waals surface area contributed by atoms with E-state index < -0.39 is 23.1 Å². The van der Waals surface area contributed by atoms with Crippen molar-refractivity contribution in [3.63, 3.8) is 0 Å². The molecular formula is C20H17BrF2N2O5. The Bertz CT molecular complexity index is 1140. The normalized spacial score (nSPS) is 10.8. The van der Waals surface area contributed by atoms with Crippen LogP contribution >= 0.6 is 15.9 Å². The van der Waals surface area contributed by atoms with E-state index in [-0.39, 0.29) is 47.1 Å². The van der Waals surface area contributed by atoms with Gasteiger partial charge in [0.05, 0.1) is 12.2 Å². The van der Waals surface area contributed by atoms with Crippen molar-refractivity contribution < 1.29 is 27.8 Å². The van der Waals surface area contributed by atoms with Crippen LogP contribution in [0.1, 0.15) is 21.8 Å². The Kier molecular flexibility index (Phi) is 6.68. The zero-order valence-electron chi connectivity index (χ0n) is 15.7. The van der Waals surface area contributed by atoms with Crippen molar-refractivity contribution in [2.24, 2.45) is 0 Å². The molecule has 0 saturated carbocycles. The number of aromatic amines is 1. The van der Waals surface area contributed by atoms with Gasteiger partial charge in [-0.25, -0.2) is 8.78 Å². The molecule has 0 aliphatic rings. The molecule has 2 heterocycles. The topological polar surface area (TPSA) is 105 Å². The number of carbonyl (C=O) groups excluding carboxylic acids is 1. The summed E-state index contributed by atoms with van der Waals surface area (Å²) in [7, 11) is 0. The maximum absolute atomic E-state index is 13.9. The number of amides is 1. The summed E-state index contributed by atoms with van der Waals surface area (Å²) in [6.45, 7) is 1.19. The molecule has 0 atom stereocenters. The molecule has 1 amide bonds. The van der Waals surface area contributed by atoms with Crippen LogP contribution in [0.25, 0.3) is 11.3 Å². The van der Waals surface area contributed by atoms with Gasteiger partial charge in [-0.3, -0.25) is 9.59 Å². The number of aromatic nitrogens is 1. The molecular weight excluding hydrogens is 466 g/mol. The number of hydrogen-bond acceptors (Lipinski definition) is 5. The lowest BCUT2D eigenvalue weighted by atomic mass is 10.1. The van der Waals surface area contributed by atoms with E-state index in [4.69, 9.17) is 14.3 Å². The lowest BCUT2D eigenvalue weighted by Crippen LogP contribution is -2.25. The highest BCUT2D eigenvalue weighted by Crippen LogP contribution is 2.37. The third kappa shape index (κ3) is 4.60. The third-order valence-corrected chi connectivity index (χ3v) is 4.88. The first-order valence-electron chi connectivity index (χ1n) is 8.80. The molecule has 0 aliphatic carbocycles. The van der Waals surface area contributed by atoms with Crippen molar-refractivity contribution in [1.82, 2.24) is 10.3 Å². The summed E-state index contributed by atoms with van der Waals surface area (Å²) in [6, 6.07) is 6.04. The molecule has 0 unspecified atom stereocenters. The quantitative estimate of drug-likeness (QED) is 0.479. The summed E-state index contributed by atoms with van der Waals surface area (Å²) in [5.41, 5.74) is 0.369. The summed E-state index contributed by atoms with van der Waals surface area (Å²) in [6.07, 6.45) is 0. The standard InChI is InChI=1S/C20H17BrF2N2O5/c1-10-16(14-4-5-15(30-14)19(27)24-6-7-26)18(17(21)20(28)25-10)29-9-11-2-3-12(22)8-13(11)23/h2-5,8,26H,6-7,9H2,1H3,(H,24,27)(H,25,28). The molecule has 7 nitrogen and oxygen atoms in total. The lowest BCUT2D eigenvalue weighted by Gasteiger charge is -2.14. The van der Waals surface area contributed by atoms with E-state index in [0.717, 1.165) is 12.1 Å². The second-order valence-corrected chi connectivity index (χ2v) is 7.06. The van der Waals surface area contributed by atoms with Gasteiger partial charge in [-0.05, 0) is 47.1 Å². The van der Waals surface area contributed by atoms with Gasteiger partial charge < -0.3 is 24.6 Å². The van der Waals surface area contributed by atoms with E-state index in [1.54, 1.807) is 6.92 Å². The number of aliphatic hydroxyl groups is 1. The zero-order chi connectivity index (χ0) is 21.8. The largest absolute Gasteiger partial charge is 0.487 e. The van der Waals surface area contributed by atoms with E-state index in [2.05, 4.69) is 26.2 Å². The summed E-state index contributed by atoms with van der Waals surface area (Å²) < 4.78 is 38.4. The minimum absolute atomic E-state index is 0.00398. The van der Waals surface area contributed by atoms with E-state index >= 15 is 0 Å². The van der Waals surface area contributed by atoms with Crippen molar-refractivity contribution in [3.05, 3.63) is 73.8 Å². The van der Waals surface area contributed by atoms with Crippen LogP contribution in [0.2, 0.25) is 0 Å². The predicted octanol–water partition coefficient (Wildman–Crippen LogP) is 3.29. The van der Waals surface area contributed by atoms with Gasteiger partial charge in [0.25, 0.3) is 11.5 Å². The molecule has 3 N–H and O–H groups in total. The number of nitrogens with one attached hydrogen (secondary N) is 2. The van der Waals surface area contributed by atoms with Crippen LogP contribution in [0.15, 0.2) is 44.0 Å². The van der Waals surface area contributed by atoms with Crippen molar-refractivity contribution in [2.45, 2.75) is 13.5 Å². The predicted molar refractivity (Wildman–Crippen MR) is 107 cm³/mol. The first kappa shape index (κ1) is 21.7. The molecule has 0 fully saturated rings. The summed E-state index contributed by atoms with van der Waals surface area (Å²) in [4.78, 5) is 26.8. The zero-order valence-corrected chi connectivity index (χ0v) is 17.3. The van der Waals surface area contributed by atoms with Gasteiger partial charge in [0.2, 0.25) is 0 Å². The van der Waals surface area contributed by atoms with Crippen molar-refractivity contribution in [1.29, 1.82) is 0 Å². The Hall–Kier alpha value is -2.98. The highest BCUT2D eigenvalue weighted by molar-refractivity contribution is 9.10. The fraction of sp³-hybridized carbons (Fsp3) is 0.200. The Balaban J connectivity index is 1.97. The molecule has 30 heavy (non-hydrogen) atoms. The second kappa shape index (κ2) is 9.23. The van der Waals surface area contributed by atoms with E-state index in [1.165, 1.54) is 18.2 Å². The molecule has 3 aromatic rings. The number of rotatable bonds is 7. The fourth-order valence-corrected chi connectivity index (χ4v) is 3.15. The fourth-order valence-electron chi connectivity index (χ4n) is 2.74. The second-order valence-electron chi connectivity index (χ2n) is 6.27. The summed E-state index contributed by atoms with van der Waals surface area (Å²) in [5.74, 6) is -1.71. The number of hydrogen-bond donors (Lipinski definition) is 3. The molecule has 0 spiro atoms. The number of aryl methyl sites for hydroxylation is 1. The minimum Gasteiger partial charge on any atom is -0.487 e. The number of pyridine rings is 1.